The Bertz CT molecular complexity index is 1720. The van der Waals surface area contributed by atoms with Crippen LogP contribution in [-0.2, 0) is 22.5 Å². The van der Waals surface area contributed by atoms with E-state index >= 15 is 0 Å². The van der Waals surface area contributed by atoms with Gasteiger partial charge in [-0.2, -0.15) is 5.10 Å². The molecule has 2 aromatic carbocycles. The van der Waals surface area contributed by atoms with Gasteiger partial charge in [-0.1, -0.05) is 24.3 Å². The van der Waals surface area contributed by atoms with Gasteiger partial charge < -0.3 is 19.3 Å². The summed E-state index contributed by atoms with van der Waals surface area (Å²) >= 11 is 0. The summed E-state index contributed by atoms with van der Waals surface area (Å²) in [5, 5.41) is 14.7. The van der Waals surface area contributed by atoms with Crippen molar-refractivity contribution in [3.05, 3.63) is 70.9 Å². The van der Waals surface area contributed by atoms with Crippen LogP contribution in [0.3, 0.4) is 0 Å². The van der Waals surface area contributed by atoms with Crippen molar-refractivity contribution in [1.82, 2.24) is 24.2 Å². The van der Waals surface area contributed by atoms with Crippen LogP contribution in [0.25, 0.3) is 22.0 Å². The molecule has 2 aliphatic heterocycles. The standard InChI is InChI=1S/C35H40F3N5O3/c1-3-46-35(45)33(32-30-14-25(36)17-42(30)19-39-32)43-18-29-28(34(37)38)15-27(20(2)31(29)40-43)23-6-4-22(5-7-23)24-12-21(13-24)16-41-10-8-26(44)9-11-41/h4-7,15,18-19,21,24-26,33-34,44H,3,8-14,16-17H2,1-2H3/t21?,24?,25-,33?/m1/s1. The summed E-state index contributed by atoms with van der Waals surface area (Å²) in [5.41, 5.74) is 4.58. The maximum absolute atomic E-state index is 14.6. The summed E-state index contributed by atoms with van der Waals surface area (Å²) in [7, 11) is 0. The summed E-state index contributed by atoms with van der Waals surface area (Å²) in [4.78, 5) is 20.1. The molecule has 2 atom stereocenters. The van der Waals surface area contributed by atoms with Crippen LogP contribution in [0.4, 0.5) is 13.2 Å². The lowest BCUT2D eigenvalue weighted by molar-refractivity contribution is -0.146. The number of ether oxygens (including phenoxy) is 1. The summed E-state index contributed by atoms with van der Waals surface area (Å²) in [6.07, 6.45) is 3.04. The number of imidazole rings is 1. The fourth-order valence-electron chi connectivity index (χ4n) is 7.61. The number of alkyl halides is 3. The van der Waals surface area contributed by atoms with Crippen LogP contribution in [0.5, 0.6) is 0 Å². The van der Waals surface area contributed by atoms with Gasteiger partial charge in [0.05, 0.1) is 36.8 Å². The van der Waals surface area contributed by atoms with Crippen LogP contribution < -0.4 is 0 Å². The molecule has 1 unspecified atom stereocenters. The Labute approximate surface area is 266 Å². The van der Waals surface area contributed by atoms with Crippen molar-refractivity contribution in [2.75, 3.05) is 26.2 Å². The highest BCUT2D eigenvalue weighted by molar-refractivity contribution is 5.92. The maximum Gasteiger partial charge on any atom is 0.337 e. The molecule has 1 N–H and O–H groups in total. The smallest absolute Gasteiger partial charge is 0.337 e. The molecular formula is C35H40F3N5O3. The topological polar surface area (TPSA) is 85.4 Å². The Balaban J connectivity index is 1.16. The van der Waals surface area contributed by atoms with Gasteiger partial charge in [-0.15, -0.1) is 0 Å². The molecule has 11 heteroatoms. The number of nitrogens with zero attached hydrogens (tertiary/aromatic N) is 5. The number of fused-ring (bicyclic) bond motifs is 2. The zero-order chi connectivity index (χ0) is 32.1. The number of piperidine rings is 1. The van der Waals surface area contributed by atoms with Crippen LogP contribution in [0.15, 0.2) is 42.9 Å². The molecule has 46 heavy (non-hydrogen) atoms. The zero-order valence-corrected chi connectivity index (χ0v) is 26.2. The lowest BCUT2D eigenvalue weighted by atomic mass is 9.71. The first-order valence-corrected chi connectivity index (χ1v) is 16.4. The molecule has 0 radical (unpaired) electrons. The summed E-state index contributed by atoms with van der Waals surface area (Å²) in [6, 6.07) is 8.60. The number of hydrogen-bond acceptors (Lipinski definition) is 6. The minimum Gasteiger partial charge on any atom is -0.464 e. The lowest BCUT2D eigenvalue weighted by Crippen LogP contribution is -2.41. The molecule has 0 spiro atoms. The van der Waals surface area contributed by atoms with E-state index in [9.17, 15) is 23.1 Å². The number of carbonyl (C=O) groups excluding carboxylic acids is 1. The number of aromatic nitrogens is 4. The van der Waals surface area contributed by atoms with Gasteiger partial charge >= 0.3 is 5.97 Å². The van der Waals surface area contributed by atoms with E-state index in [0.717, 1.165) is 56.4 Å². The molecule has 7 rings (SSSR count). The molecule has 0 bridgehead atoms. The van der Waals surface area contributed by atoms with Gasteiger partial charge in [0, 0.05) is 48.9 Å². The molecule has 1 saturated heterocycles. The highest BCUT2D eigenvalue weighted by Gasteiger charge is 2.36. The van der Waals surface area contributed by atoms with Crippen molar-refractivity contribution in [2.24, 2.45) is 5.92 Å². The third-order valence-electron chi connectivity index (χ3n) is 10.2. The molecule has 2 aromatic heterocycles. The predicted octanol–water partition coefficient (Wildman–Crippen LogP) is 6.14. The summed E-state index contributed by atoms with van der Waals surface area (Å²) in [5.74, 6) is 0.523. The molecule has 1 aliphatic carbocycles. The molecule has 2 fully saturated rings. The van der Waals surface area contributed by atoms with Crippen molar-refractivity contribution in [3.63, 3.8) is 0 Å². The van der Waals surface area contributed by atoms with Crippen molar-refractivity contribution < 1.29 is 27.8 Å². The van der Waals surface area contributed by atoms with E-state index in [1.807, 2.05) is 19.1 Å². The average Bonchev–Trinajstić information content (AvgIpc) is 3.72. The number of esters is 1. The van der Waals surface area contributed by atoms with E-state index in [-0.39, 0.29) is 36.6 Å². The van der Waals surface area contributed by atoms with Gasteiger partial charge in [-0.25, -0.2) is 22.9 Å². The number of aryl methyl sites for hydroxylation is 1. The first-order chi connectivity index (χ1) is 22.2. The third-order valence-corrected chi connectivity index (χ3v) is 10.2. The quantitative estimate of drug-likeness (QED) is 0.223. The second-order valence-corrected chi connectivity index (χ2v) is 13.2. The van der Waals surface area contributed by atoms with E-state index in [1.54, 1.807) is 11.5 Å². The van der Waals surface area contributed by atoms with Crippen molar-refractivity contribution >= 4 is 16.9 Å². The third kappa shape index (κ3) is 5.72. The predicted molar refractivity (Wildman–Crippen MR) is 168 cm³/mol. The minimum absolute atomic E-state index is 0.110. The van der Waals surface area contributed by atoms with Gasteiger partial charge in [0.25, 0.3) is 6.43 Å². The highest BCUT2D eigenvalue weighted by atomic mass is 19.3. The van der Waals surface area contributed by atoms with Crippen molar-refractivity contribution in [1.29, 1.82) is 0 Å². The van der Waals surface area contributed by atoms with Crippen molar-refractivity contribution in [3.8, 4) is 11.1 Å². The first kappa shape index (κ1) is 30.9. The van der Waals surface area contributed by atoms with Gasteiger partial charge in [0.1, 0.15) is 6.17 Å². The number of halogens is 3. The van der Waals surface area contributed by atoms with E-state index in [1.165, 1.54) is 28.8 Å². The van der Waals surface area contributed by atoms with Crippen molar-refractivity contribution in [2.45, 2.75) is 83.2 Å². The van der Waals surface area contributed by atoms with E-state index in [0.29, 0.717) is 34.3 Å². The molecule has 0 amide bonds. The van der Waals surface area contributed by atoms with E-state index in [4.69, 9.17) is 9.84 Å². The fourth-order valence-corrected chi connectivity index (χ4v) is 7.61. The van der Waals surface area contributed by atoms with Gasteiger partial charge in [0.15, 0.2) is 6.04 Å². The van der Waals surface area contributed by atoms with Crippen LogP contribution in [0, 0.1) is 12.8 Å². The number of carbonyl (C=O) groups is 1. The molecule has 4 aromatic rings. The maximum atomic E-state index is 14.6. The van der Waals surface area contributed by atoms with Crippen LogP contribution in [0.2, 0.25) is 0 Å². The number of aliphatic hydroxyl groups excluding tert-OH is 1. The summed E-state index contributed by atoms with van der Waals surface area (Å²) in [6.45, 7) is 6.83. The Morgan fingerprint density at radius 1 is 1.15 bits per heavy atom. The average molecular weight is 636 g/mol. The molecule has 244 valence electrons. The number of benzene rings is 2. The molecule has 1 saturated carbocycles. The second kappa shape index (κ2) is 12.5. The second-order valence-electron chi connectivity index (χ2n) is 13.2. The first-order valence-electron chi connectivity index (χ1n) is 16.4. The summed E-state index contributed by atoms with van der Waals surface area (Å²) < 4.78 is 51.7. The van der Waals surface area contributed by atoms with Gasteiger partial charge in [-0.05, 0) is 79.7 Å². The Kier molecular flexibility index (Phi) is 8.39. The van der Waals surface area contributed by atoms with Crippen LogP contribution in [-0.4, -0.2) is 73.8 Å². The Morgan fingerprint density at radius 3 is 2.59 bits per heavy atom. The normalized spacial score (nSPS) is 22.7. The SMILES string of the molecule is CCOC(=O)C(c1ncn2c1C[C@@H](F)C2)n1cc2c(C(F)F)cc(-c3ccc(C4CC(CN5CCC(O)CC5)C4)cc3)c(C)c2n1. The highest BCUT2D eigenvalue weighted by Crippen LogP contribution is 2.43. The largest absolute Gasteiger partial charge is 0.464 e. The van der Waals surface area contributed by atoms with Gasteiger partial charge in [-0.3, -0.25) is 4.68 Å². The van der Waals surface area contributed by atoms with E-state index in [2.05, 4.69) is 22.0 Å². The molecule has 8 nitrogen and oxygen atoms in total. The zero-order valence-electron chi connectivity index (χ0n) is 26.2. The van der Waals surface area contributed by atoms with E-state index < -0.39 is 24.6 Å². The van der Waals surface area contributed by atoms with Gasteiger partial charge in [0.2, 0.25) is 0 Å². The molecule has 3 aliphatic rings. The monoisotopic (exact) mass is 635 g/mol. The van der Waals surface area contributed by atoms with Crippen LogP contribution >= 0.6 is 0 Å². The number of hydrogen-bond donors (Lipinski definition) is 1. The molecular weight excluding hydrogens is 595 g/mol. The molecule has 4 heterocycles. The number of likely N-dealkylation sites (tertiary alicyclic amines) is 1. The fraction of sp³-hybridized carbons (Fsp3) is 0.514. The number of aliphatic hydroxyl groups is 1. The Morgan fingerprint density at radius 2 is 1.89 bits per heavy atom. The lowest BCUT2D eigenvalue weighted by Gasteiger charge is -2.40. The number of rotatable bonds is 9. The minimum atomic E-state index is -2.76. The van der Waals surface area contributed by atoms with Crippen LogP contribution in [0.1, 0.15) is 79.1 Å². The Hall–Kier alpha value is -3.70.